The van der Waals surface area contributed by atoms with Crippen molar-refractivity contribution in [1.29, 1.82) is 0 Å². The Kier molecular flexibility index (Phi) is 5.45. The zero-order valence-corrected chi connectivity index (χ0v) is 13.1. The molecule has 110 valence electrons. The monoisotopic (exact) mass is 345 g/mol. The molecule has 0 bridgehead atoms. The highest BCUT2D eigenvalue weighted by Crippen LogP contribution is 2.21. The number of benzene rings is 2. The Labute approximate surface area is 136 Å². The normalized spacial score (nSPS) is 10.5. The second-order valence-corrected chi connectivity index (χ2v) is 5.65. The molecule has 21 heavy (non-hydrogen) atoms. The van der Waals surface area contributed by atoms with Crippen LogP contribution in [0.15, 0.2) is 36.4 Å². The largest absolute Gasteiger partial charge is 0.352 e. The number of hydrogen-bond donors (Lipinski definition) is 1. The van der Waals surface area contributed by atoms with Crippen LogP contribution >= 0.6 is 34.8 Å². The van der Waals surface area contributed by atoms with E-state index >= 15 is 0 Å². The summed E-state index contributed by atoms with van der Waals surface area (Å²) < 4.78 is 13.5. The lowest BCUT2D eigenvalue weighted by Gasteiger charge is -2.08. The van der Waals surface area contributed by atoms with Crippen LogP contribution in [0.3, 0.4) is 0 Å². The van der Waals surface area contributed by atoms with Gasteiger partial charge in [0.05, 0.1) is 5.56 Å². The van der Waals surface area contributed by atoms with Gasteiger partial charge in [-0.2, -0.15) is 0 Å². The van der Waals surface area contributed by atoms with E-state index in [0.29, 0.717) is 28.0 Å². The van der Waals surface area contributed by atoms with Crippen LogP contribution in [0.2, 0.25) is 15.1 Å². The number of rotatable bonds is 4. The van der Waals surface area contributed by atoms with Crippen LogP contribution in [0, 0.1) is 5.82 Å². The van der Waals surface area contributed by atoms with Crippen LogP contribution in [0.4, 0.5) is 4.39 Å². The number of halogens is 4. The Morgan fingerprint density at radius 2 is 1.71 bits per heavy atom. The third-order valence-corrected chi connectivity index (χ3v) is 3.69. The molecule has 0 spiro atoms. The third kappa shape index (κ3) is 4.34. The Bertz CT molecular complexity index is 676. The maximum absolute atomic E-state index is 13.5. The zero-order chi connectivity index (χ0) is 15.4. The minimum absolute atomic E-state index is 0.0790. The fourth-order valence-electron chi connectivity index (χ4n) is 1.80. The van der Waals surface area contributed by atoms with Crippen LogP contribution in [-0.2, 0) is 6.42 Å². The maximum atomic E-state index is 13.5. The van der Waals surface area contributed by atoms with Gasteiger partial charge < -0.3 is 5.32 Å². The molecule has 0 radical (unpaired) electrons. The Morgan fingerprint density at radius 3 is 2.43 bits per heavy atom. The van der Waals surface area contributed by atoms with Gasteiger partial charge in [-0.1, -0.05) is 40.9 Å². The highest BCUT2D eigenvalue weighted by atomic mass is 35.5. The second kappa shape index (κ2) is 7.12. The standard InChI is InChI=1S/C15H11Cl3FNO/c16-10-3-4-14(19)12(7-10)15(21)20-6-5-9-1-2-11(17)8-13(9)18/h1-4,7-8H,5-6H2,(H,20,21). The molecule has 0 fully saturated rings. The van der Waals surface area contributed by atoms with Gasteiger partial charge in [-0.3, -0.25) is 4.79 Å². The van der Waals surface area contributed by atoms with Crippen molar-refractivity contribution in [3.05, 3.63) is 68.4 Å². The quantitative estimate of drug-likeness (QED) is 0.850. The van der Waals surface area contributed by atoms with E-state index in [2.05, 4.69) is 5.32 Å². The number of carbonyl (C=O) groups is 1. The Hall–Kier alpha value is -1.29. The number of hydrogen-bond acceptors (Lipinski definition) is 1. The lowest BCUT2D eigenvalue weighted by molar-refractivity contribution is 0.0950. The first kappa shape index (κ1) is 16.1. The van der Waals surface area contributed by atoms with E-state index in [0.717, 1.165) is 11.6 Å². The van der Waals surface area contributed by atoms with Gasteiger partial charge in [-0.05, 0) is 42.3 Å². The molecule has 2 aromatic carbocycles. The molecule has 0 aliphatic carbocycles. The Morgan fingerprint density at radius 1 is 1.05 bits per heavy atom. The molecule has 2 nitrogen and oxygen atoms in total. The smallest absolute Gasteiger partial charge is 0.254 e. The van der Waals surface area contributed by atoms with E-state index in [9.17, 15) is 9.18 Å². The molecule has 0 saturated carbocycles. The van der Waals surface area contributed by atoms with Gasteiger partial charge in [0.2, 0.25) is 0 Å². The molecule has 0 aliphatic heterocycles. The van der Waals surface area contributed by atoms with Crippen molar-refractivity contribution < 1.29 is 9.18 Å². The second-order valence-electron chi connectivity index (χ2n) is 4.37. The molecule has 2 aromatic rings. The van der Waals surface area contributed by atoms with E-state index < -0.39 is 11.7 Å². The van der Waals surface area contributed by atoms with Gasteiger partial charge in [0, 0.05) is 21.6 Å². The van der Waals surface area contributed by atoms with Crippen molar-refractivity contribution in [2.24, 2.45) is 0 Å². The number of carbonyl (C=O) groups excluding carboxylic acids is 1. The fourth-order valence-corrected chi connectivity index (χ4v) is 2.48. The molecule has 0 aliphatic rings. The van der Waals surface area contributed by atoms with Crippen LogP contribution in [-0.4, -0.2) is 12.5 Å². The summed E-state index contributed by atoms with van der Waals surface area (Å²) in [4.78, 5) is 11.9. The van der Waals surface area contributed by atoms with Gasteiger partial charge in [-0.15, -0.1) is 0 Å². The van der Waals surface area contributed by atoms with Gasteiger partial charge in [0.25, 0.3) is 5.91 Å². The van der Waals surface area contributed by atoms with Gasteiger partial charge in [0.1, 0.15) is 5.82 Å². The summed E-state index contributed by atoms with van der Waals surface area (Å²) in [6.45, 7) is 0.326. The Balaban J connectivity index is 1.97. The van der Waals surface area contributed by atoms with Crippen LogP contribution in [0.5, 0.6) is 0 Å². The van der Waals surface area contributed by atoms with Crippen molar-refractivity contribution >= 4 is 40.7 Å². The summed E-state index contributed by atoms with van der Waals surface area (Å²) in [5.74, 6) is -1.12. The molecule has 1 N–H and O–H groups in total. The van der Waals surface area contributed by atoms with Crippen molar-refractivity contribution in [3.63, 3.8) is 0 Å². The van der Waals surface area contributed by atoms with Gasteiger partial charge in [0.15, 0.2) is 0 Å². The molecular formula is C15H11Cl3FNO. The van der Waals surface area contributed by atoms with Gasteiger partial charge >= 0.3 is 0 Å². The van der Waals surface area contributed by atoms with E-state index in [1.807, 2.05) is 0 Å². The summed E-state index contributed by atoms with van der Waals surface area (Å²) in [5, 5.41) is 4.02. The van der Waals surface area contributed by atoms with E-state index in [-0.39, 0.29) is 5.56 Å². The highest BCUT2D eigenvalue weighted by molar-refractivity contribution is 6.35. The molecule has 0 unspecified atom stereocenters. The first-order valence-corrected chi connectivity index (χ1v) is 7.28. The minimum atomic E-state index is -0.610. The maximum Gasteiger partial charge on any atom is 0.254 e. The molecule has 0 atom stereocenters. The topological polar surface area (TPSA) is 29.1 Å². The lowest BCUT2D eigenvalue weighted by Crippen LogP contribution is -2.26. The third-order valence-electron chi connectivity index (χ3n) is 2.87. The number of nitrogens with one attached hydrogen (secondary N) is 1. The molecule has 0 aromatic heterocycles. The molecule has 0 heterocycles. The lowest BCUT2D eigenvalue weighted by atomic mass is 10.1. The van der Waals surface area contributed by atoms with Crippen LogP contribution in [0.25, 0.3) is 0 Å². The van der Waals surface area contributed by atoms with E-state index in [4.69, 9.17) is 34.8 Å². The van der Waals surface area contributed by atoms with E-state index in [1.54, 1.807) is 18.2 Å². The zero-order valence-electron chi connectivity index (χ0n) is 10.8. The molecule has 0 saturated heterocycles. The predicted molar refractivity (Wildman–Crippen MR) is 83.9 cm³/mol. The van der Waals surface area contributed by atoms with Crippen molar-refractivity contribution in [2.45, 2.75) is 6.42 Å². The summed E-state index contributed by atoms with van der Waals surface area (Å²) in [7, 11) is 0. The highest BCUT2D eigenvalue weighted by Gasteiger charge is 2.12. The molecule has 6 heteroatoms. The summed E-state index contributed by atoms with van der Waals surface area (Å²) in [5.41, 5.74) is 0.776. The summed E-state index contributed by atoms with van der Waals surface area (Å²) >= 11 is 17.6. The predicted octanol–water partition coefficient (Wildman–Crippen LogP) is 4.76. The first-order chi connectivity index (χ1) is 9.97. The van der Waals surface area contributed by atoms with E-state index in [1.165, 1.54) is 12.1 Å². The van der Waals surface area contributed by atoms with Crippen molar-refractivity contribution in [3.8, 4) is 0 Å². The molecular weight excluding hydrogens is 336 g/mol. The minimum Gasteiger partial charge on any atom is -0.352 e. The van der Waals surface area contributed by atoms with Crippen molar-refractivity contribution in [1.82, 2.24) is 5.32 Å². The van der Waals surface area contributed by atoms with Gasteiger partial charge in [-0.25, -0.2) is 4.39 Å². The summed E-state index contributed by atoms with van der Waals surface area (Å²) in [6.07, 6.45) is 0.518. The van der Waals surface area contributed by atoms with Crippen molar-refractivity contribution in [2.75, 3.05) is 6.54 Å². The molecule has 1 amide bonds. The van der Waals surface area contributed by atoms with Crippen LogP contribution in [0.1, 0.15) is 15.9 Å². The average molecular weight is 347 g/mol. The fraction of sp³-hybridized carbons (Fsp3) is 0.133. The SMILES string of the molecule is O=C(NCCc1ccc(Cl)cc1Cl)c1cc(Cl)ccc1F. The molecule has 2 rings (SSSR count). The number of amides is 1. The first-order valence-electron chi connectivity index (χ1n) is 6.14. The van der Waals surface area contributed by atoms with Crippen LogP contribution < -0.4 is 5.32 Å². The summed E-state index contributed by atoms with van der Waals surface area (Å²) in [6, 6.07) is 8.99. The average Bonchev–Trinajstić information content (AvgIpc) is 2.43.